The Labute approximate surface area is 129 Å². The Balaban J connectivity index is 1.45. The second kappa shape index (κ2) is 6.28. The average Bonchev–Trinajstić information content (AvgIpc) is 2.98. The molecule has 7 nitrogen and oxygen atoms in total. The van der Waals surface area contributed by atoms with E-state index in [0.29, 0.717) is 25.1 Å². The van der Waals surface area contributed by atoms with E-state index in [1.54, 1.807) is 0 Å². The topological polar surface area (TPSA) is 94.5 Å². The fourth-order valence-corrected chi connectivity index (χ4v) is 2.72. The zero-order valence-corrected chi connectivity index (χ0v) is 12.4. The van der Waals surface area contributed by atoms with E-state index in [1.807, 2.05) is 6.07 Å². The van der Waals surface area contributed by atoms with Gasteiger partial charge in [-0.25, -0.2) is 0 Å². The Morgan fingerprint density at radius 3 is 3.05 bits per heavy atom. The number of aromatic nitrogens is 2. The van der Waals surface area contributed by atoms with Crippen LogP contribution in [0, 0.1) is 12.3 Å². The molecule has 3 N–H and O–H groups in total. The summed E-state index contributed by atoms with van der Waals surface area (Å²) in [4.78, 5) is 12.1. The number of hydrogen-bond acceptors (Lipinski definition) is 5. The van der Waals surface area contributed by atoms with Crippen molar-refractivity contribution in [2.24, 2.45) is 10.2 Å². The van der Waals surface area contributed by atoms with Gasteiger partial charge in [-0.2, -0.15) is 15.3 Å². The Bertz CT molecular complexity index is 602. The molecule has 0 radical (unpaired) electrons. The molecule has 7 heteroatoms. The minimum absolute atomic E-state index is 0.173. The van der Waals surface area contributed by atoms with Gasteiger partial charge >= 0.3 is 0 Å². The highest BCUT2D eigenvalue weighted by Crippen LogP contribution is 2.36. The molecule has 1 aromatic rings. The van der Waals surface area contributed by atoms with Gasteiger partial charge in [0.05, 0.1) is 5.69 Å². The summed E-state index contributed by atoms with van der Waals surface area (Å²) in [6.45, 7) is 1.53. The molecular weight excluding hydrogens is 280 g/mol. The number of carbonyl (C=O) groups excluding carboxylic acids is 1. The lowest BCUT2D eigenvalue weighted by Gasteiger charge is -2.09. The van der Waals surface area contributed by atoms with Crippen LogP contribution in [0.5, 0.6) is 0 Å². The van der Waals surface area contributed by atoms with Gasteiger partial charge in [0.25, 0.3) is 5.91 Å². The number of hydrogen-bond donors (Lipinski definition) is 3. The lowest BCUT2D eigenvalue weighted by atomic mass is 10.0. The second-order valence-corrected chi connectivity index (χ2v) is 5.75. The molecular formula is C15H20N6O. The van der Waals surface area contributed by atoms with Gasteiger partial charge in [0.15, 0.2) is 5.66 Å². The lowest BCUT2D eigenvalue weighted by Crippen LogP contribution is -2.28. The first-order valence-corrected chi connectivity index (χ1v) is 7.67. The Morgan fingerprint density at radius 1 is 1.50 bits per heavy atom. The summed E-state index contributed by atoms with van der Waals surface area (Å²) in [7, 11) is 0. The standard InChI is InChI=1S/C15H20N6O/c1-2-3-6-15(20-21-15)7-9-17-14(22)13-10-12(18-19-13)11-5-4-8-16-11/h1,10-11,16H,3-9H2,(H,17,22)(H,18,19). The minimum Gasteiger partial charge on any atom is -0.350 e. The van der Waals surface area contributed by atoms with Gasteiger partial charge in [-0.3, -0.25) is 9.89 Å². The molecule has 3 rings (SSSR count). The Kier molecular flexibility index (Phi) is 4.20. The molecule has 0 bridgehead atoms. The number of nitrogens with zero attached hydrogens (tertiary/aromatic N) is 3. The van der Waals surface area contributed by atoms with Crippen molar-refractivity contribution in [3.8, 4) is 12.3 Å². The van der Waals surface area contributed by atoms with E-state index in [0.717, 1.165) is 31.5 Å². The van der Waals surface area contributed by atoms with Crippen LogP contribution in [0.25, 0.3) is 0 Å². The molecule has 1 aromatic heterocycles. The first-order valence-electron chi connectivity index (χ1n) is 7.67. The minimum atomic E-state index is -0.357. The maximum atomic E-state index is 12.1. The van der Waals surface area contributed by atoms with Gasteiger partial charge in [-0.05, 0) is 25.5 Å². The van der Waals surface area contributed by atoms with E-state index in [4.69, 9.17) is 6.42 Å². The molecule has 3 heterocycles. The molecule has 116 valence electrons. The van der Waals surface area contributed by atoms with Gasteiger partial charge in [0.2, 0.25) is 0 Å². The highest BCUT2D eigenvalue weighted by Gasteiger charge is 2.38. The lowest BCUT2D eigenvalue weighted by molar-refractivity contribution is 0.0947. The van der Waals surface area contributed by atoms with Crippen LogP contribution < -0.4 is 10.6 Å². The van der Waals surface area contributed by atoms with Crippen LogP contribution in [0.15, 0.2) is 16.3 Å². The predicted octanol–water partition coefficient (Wildman–Crippen LogP) is 1.53. The number of carbonyl (C=O) groups is 1. The van der Waals surface area contributed by atoms with Crippen molar-refractivity contribution in [1.29, 1.82) is 0 Å². The fourth-order valence-electron chi connectivity index (χ4n) is 2.72. The molecule has 1 fully saturated rings. The Hall–Kier alpha value is -2.20. The number of rotatable bonds is 7. The SMILES string of the molecule is C#CCCC1(CCNC(=O)c2cc(C3CCCN3)[nH]n2)N=N1. The highest BCUT2D eigenvalue weighted by atomic mass is 16.1. The van der Waals surface area contributed by atoms with Crippen molar-refractivity contribution in [3.63, 3.8) is 0 Å². The first kappa shape index (κ1) is 14.7. The normalized spacial score (nSPS) is 21.5. The van der Waals surface area contributed by atoms with Gasteiger partial charge in [-0.15, -0.1) is 12.3 Å². The van der Waals surface area contributed by atoms with E-state index in [2.05, 4.69) is 37.0 Å². The smallest absolute Gasteiger partial charge is 0.271 e. The van der Waals surface area contributed by atoms with Gasteiger partial charge < -0.3 is 10.6 Å². The third kappa shape index (κ3) is 3.34. The summed E-state index contributed by atoms with van der Waals surface area (Å²) >= 11 is 0. The number of aromatic amines is 1. The largest absolute Gasteiger partial charge is 0.350 e. The van der Waals surface area contributed by atoms with Crippen molar-refractivity contribution in [3.05, 3.63) is 17.5 Å². The summed E-state index contributed by atoms with van der Waals surface area (Å²) in [5.41, 5.74) is 1.04. The van der Waals surface area contributed by atoms with E-state index in [9.17, 15) is 4.79 Å². The summed E-state index contributed by atoms with van der Waals surface area (Å²) in [5, 5.41) is 21.4. The maximum absolute atomic E-state index is 12.1. The van der Waals surface area contributed by atoms with Gasteiger partial charge in [-0.1, -0.05) is 0 Å². The van der Waals surface area contributed by atoms with Gasteiger partial charge in [0.1, 0.15) is 5.69 Å². The van der Waals surface area contributed by atoms with Crippen LogP contribution in [0.4, 0.5) is 0 Å². The third-order valence-corrected chi connectivity index (χ3v) is 4.13. The van der Waals surface area contributed by atoms with E-state index in [1.165, 1.54) is 0 Å². The molecule has 2 aliphatic rings. The van der Waals surface area contributed by atoms with Crippen LogP contribution in [0.1, 0.15) is 54.3 Å². The molecule has 1 amide bonds. The summed E-state index contributed by atoms with van der Waals surface area (Å²) in [5.74, 6) is 2.42. The first-order chi connectivity index (χ1) is 10.7. The molecule has 2 aliphatic heterocycles. The zero-order chi connectivity index (χ0) is 15.4. The predicted molar refractivity (Wildman–Crippen MR) is 81.2 cm³/mol. The molecule has 0 aliphatic carbocycles. The summed E-state index contributed by atoms with van der Waals surface area (Å²) < 4.78 is 0. The number of amides is 1. The van der Waals surface area contributed by atoms with Crippen molar-refractivity contribution in [1.82, 2.24) is 20.8 Å². The quantitative estimate of drug-likeness (QED) is 0.666. The van der Waals surface area contributed by atoms with Crippen molar-refractivity contribution < 1.29 is 4.79 Å². The van der Waals surface area contributed by atoms with Crippen LogP contribution in [0.2, 0.25) is 0 Å². The zero-order valence-electron chi connectivity index (χ0n) is 12.4. The summed E-state index contributed by atoms with van der Waals surface area (Å²) in [6, 6.07) is 2.10. The van der Waals surface area contributed by atoms with Crippen molar-refractivity contribution in [2.45, 2.75) is 43.8 Å². The molecule has 0 saturated carbocycles. The molecule has 1 unspecified atom stereocenters. The molecule has 0 spiro atoms. The summed E-state index contributed by atoms with van der Waals surface area (Å²) in [6.07, 6.45) is 9.56. The second-order valence-electron chi connectivity index (χ2n) is 5.75. The Morgan fingerprint density at radius 2 is 2.36 bits per heavy atom. The van der Waals surface area contributed by atoms with Crippen LogP contribution in [-0.2, 0) is 0 Å². The maximum Gasteiger partial charge on any atom is 0.271 e. The fraction of sp³-hybridized carbons (Fsp3) is 0.600. The highest BCUT2D eigenvalue weighted by molar-refractivity contribution is 5.92. The number of H-pyrrole nitrogens is 1. The van der Waals surface area contributed by atoms with Crippen LogP contribution in [-0.4, -0.2) is 34.9 Å². The number of terminal acetylenes is 1. The van der Waals surface area contributed by atoms with Crippen LogP contribution >= 0.6 is 0 Å². The molecule has 1 atom stereocenters. The molecule has 0 aromatic carbocycles. The van der Waals surface area contributed by atoms with E-state index >= 15 is 0 Å². The third-order valence-electron chi connectivity index (χ3n) is 4.13. The number of nitrogens with one attached hydrogen (secondary N) is 3. The van der Waals surface area contributed by atoms with Gasteiger partial charge in [0, 0.05) is 31.8 Å². The molecule has 1 saturated heterocycles. The van der Waals surface area contributed by atoms with Crippen molar-refractivity contribution >= 4 is 5.91 Å². The van der Waals surface area contributed by atoms with Crippen molar-refractivity contribution in [2.75, 3.05) is 13.1 Å². The molecule has 22 heavy (non-hydrogen) atoms. The van der Waals surface area contributed by atoms with E-state index in [-0.39, 0.29) is 17.6 Å². The monoisotopic (exact) mass is 300 g/mol. The van der Waals surface area contributed by atoms with E-state index < -0.39 is 0 Å². The average molecular weight is 300 g/mol. The van der Waals surface area contributed by atoms with Crippen LogP contribution in [0.3, 0.4) is 0 Å².